The third kappa shape index (κ3) is 3.95. The van der Waals surface area contributed by atoms with E-state index in [1.54, 1.807) is 0 Å². The van der Waals surface area contributed by atoms with Gasteiger partial charge in [0, 0.05) is 12.1 Å². The van der Waals surface area contributed by atoms with Crippen molar-refractivity contribution in [2.45, 2.75) is 38.8 Å². The van der Waals surface area contributed by atoms with Crippen molar-refractivity contribution in [3.05, 3.63) is 0 Å². The van der Waals surface area contributed by atoms with Gasteiger partial charge >= 0.3 is 0 Å². The molecule has 0 aliphatic carbocycles. The van der Waals surface area contributed by atoms with Gasteiger partial charge in [-0.2, -0.15) is 0 Å². The van der Waals surface area contributed by atoms with Crippen molar-refractivity contribution < 1.29 is 4.74 Å². The van der Waals surface area contributed by atoms with Crippen molar-refractivity contribution in [3.63, 3.8) is 0 Å². The van der Waals surface area contributed by atoms with Gasteiger partial charge in [-0.15, -0.1) is 0 Å². The van der Waals surface area contributed by atoms with Gasteiger partial charge in [-0.1, -0.05) is 0 Å². The topological polar surface area (TPSA) is 24.5 Å². The minimum Gasteiger partial charge on any atom is -0.378 e. The Labute approximate surface area is 87.8 Å². The fourth-order valence-electron chi connectivity index (χ4n) is 1.79. The Morgan fingerprint density at radius 3 is 2.43 bits per heavy atom. The van der Waals surface area contributed by atoms with Gasteiger partial charge < -0.3 is 10.1 Å². The van der Waals surface area contributed by atoms with E-state index in [1.807, 2.05) is 7.05 Å². The van der Waals surface area contributed by atoms with E-state index in [2.05, 4.69) is 24.1 Å². The number of likely N-dealkylation sites (tertiary alicyclic amines) is 1. The highest BCUT2D eigenvalue weighted by Gasteiger charge is 2.17. The Morgan fingerprint density at radius 1 is 1.21 bits per heavy atom. The summed E-state index contributed by atoms with van der Waals surface area (Å²) in [4.78, 5) is 2.52. The summed E-state index contributed by atoms with van der Waals surface area (Å²) in [6.45, 7) is 8.59. The normalized spacial score (nSPS) is 22.5. The molecule has 2 atom stereocenters. The molecule has 1 aliphatic rings. The maximum absolute atomic E-state index is 5.66. The van der Waals surface area contributed by atoms with Crippen molar-refractivity contribution in [2.24, 2.45) is 0 Å². The van der Waals surface area contributed by atoms with Crippen LogP contribution < -0.4 is 5.32 Å². The molecule has 3 heteroatoms. The molecule has 1 N–H and O–H groups in total. The Bertz CT molecular complexity index is 146. The molecule has 0 aromatic rings. The van der Waals surface area contributed by atoms with Crippen LogP contribution in [0.1, 0.15) is 26.7 Å². The minimum absolute atomic E-state index is 0.459. The molecule has 1 heterocycles. The molecular weight excluding hydrogens is 176 g/mol. The Balaban J connectivity index is 2.05. The van der Waals surface area contributed by atoms with Gasteiger partial charge in [-0.25, -0.2) is 0 Å². The zero-order valence-electron chi connectivity index (χ0n) is 9.75. The van der Waals surface area contributed by atoms with Crippen LogP contribution in [0.4, 0.5) is 0 Å². The first kappa shape index (κ1) is 12.0. The van der Waals surface area contributed by atoms with Crippen LogP contribution in [0.25, 0.3) is 0 Å². The van der Waals surface area contributed by atoms with E-state index in [0.29, 0.717) is 12.1 Å². The van der Waals surface area contributed by atoms with Crippen LogP contribution in [-0.2, 0) is 4.74 Å². The van der Waals surface area contributed by atoms with Gasteiger partial charge in [-0.05, 0) is 46.8 Å². The molecule has 1 rings (SSSR count). The number of rotatable bonds is 6. The first-order valence-corrected chi connectivity index (χ1v) is 5.73. The third-order valence-corrected chi connectivity index (χ3v) is 2.98. The number of nitrogens with one attached hydrogen (secondary N) is 1. The lowest BCUT2D eigenvalue weighted by Gasteiger charge is -2.24. The lowest BCUT2D eigenvalue weighted by Crippen LogP contribution is -2.35. The summed E-state index contributed by atoms with van der Waals surface area (Å²) in [7, 11) is 1.97. The van der Waals surface area contributed by atoms with Gasteiger partial charge in [0.1, 0.15) is 0 Å². The number of hydrogen-bond acceptors (Lipinski definition) is 3. The molecule has 1 saturated heterocycles. The predicted molar refractivity (Wildman–Crippen MR) is 59.6 cm³/mol. The summed E-state index contributed by atoms with van der Waals surface area (Å²) in [5, 5.41) is 3.17. The zero-order valence-corrected chi connectivity index (χ0v) is 9.75. The van der Waals surface area contributed by atoms with Crippen molar-refractivity contribution in [2.75, 3.05) is 33.4 Å². The molecule has 84 valence electrons. The fraction of sp³-hybridized carbons (Fsp3) is 1.00. The summed E-state index contributed by atoms with van der Waals surface area (Å²) in [5.74, 6) is 0. The molecule has 0 spiro atoms. The van der Waals surface area contributed by atoms with Gasteiger partial charge in [0.2, 0.25) is 0 Å². The molecule has 3 nitrogen and oxygen atoms in total. The molecule has 0 aromatic heterocycles. The number of ether oxygens (including phenoxy) is 1. The molecule has 0 bridgehead atoms. The van der Waals surface area contributed by atoms with Crippen molar-refractivity contribution >= 4 is 0 Å². The van der Waals surface area contributed by atoms with Gasteiger partial charge in [-0.3, -0.25) is 4.90 Å². The first-order valence-electron chi connectivity index (χ1n) is 5.73. The first-order chi connectivity index (χ1) is 6.74. The highest BCUT2D eigenvalue weighted by atomic mass is 16.5. The van der Waals surface area contributed by atoms with E-state index in [1.165, 1.54) is 25.9 Å². The maximum Gasteiger partial charge on any atom is 0.0619 e. The maximum atomic E-state index is 5.66. The molecule has 0 radical (unpaired) electrons. The second kappa shape index (κ2) is 6.38. The van der Waals surface area contributed by atoms with Crippen LogP contribution >= 0.6 is 0 Å². The van der Waals surface area contributed by atoms with E-state index >= 15 is 0 Å². The Morgan fingerprint density at radius 2 is 1.86 bits per heavy atom. The average molecular weight is 200 g/mol. The van der Waals surface area contributed by atoms with Crippen molar-refractivity contribution in [1.29, 1.82) is 0 Å². The van der Waals surface area contributed by atoms with Crippen LogP contribution in [0.3, 0.4) is 0 Å². The highest BCUT2D eigenvalue weighted by Crippen LogP contribution is 2.11. The third-order valence-electron chi connectivity index (χ3n) is 2.98. The smallest absolute Gasteiger partial charge is 0.0619 e. The number of nitrogens with zero attached hydrogens (tertiary/aromatic N) is 1. The van der Waals surface area contributed by atoms with Crippen LogP contribution in [0.2, 0.25) is 0 Å². The van der Waals surface area contributed by atoms with Crippen LogP contribution in [0.5, 0.6) is 0 Å². The van der Waals surface area contributed by atoms with Crippen LogP contribution in [0.15, 0.2) is 0 Å². The van der Waals surface area contributed by atoms with Crippen molar-refractivity contribution in [3.8, 4) is 0 Å². The van der Waals surface area contributed by atoms with Crippen LogP contribution in [-0.4, -0.2) is 50.3 Å². The molecule has 0 aromatic carbocycles. The Hall–Kier alpha value is -0.120. The highest BCUT2D eigenvalue weighted by molar-refractivity contribution is 4.72. The van der Waals surface area contributed by atoms with E-state index in [9.17, 15) is 0 Å². The van der Waals surface area contributed by atoms with Crippen molar-refractivity contribution in [1.82, 2.24) is 10.2 Å². The lowest BCUT2D eigenvalue weighted by molar-refractivity contribution is 0.0664. The largest absolute Gasteiger partial charge is 0.378 e. The minimum atomic E-state index is 0.459. The van der Waals surface area contributed by atoms with Gasteiger partial charge in [0.15, 0.2) is 0 Å². The standard InChI is InChI=1S/C11H24N2O/c1-10(12-3)8-14-9-11(2)13-6-4-5-7-13/h10-12H,4-9H2,1-3H3. The molecule has 1 fully saturated rings. The molecule has 0 saturated carbocycles. The van der Waals surface area contributed by atoms with E-state index in [-0.39, 0.29) is 0 Å². The summed E-state index contributed by atoms with van der Waals surface area (Å²) in [5.41, 5.74) is 0. The molecule has 14 heavy (non-hydrogen) atoms. The van der Waals surface area contributed by atoms with Gasteiger partial charge in [0.25, 0.3) is 0 Å². The molecule has 0 amide bonds. The summed E-state index contributed by atoms with van der Waals surface area (Å²) in [6.07, 6.45) is 2.72. The summed E-state index contributed by atoms with van der Waals surface area (Å²) < 4.78 is 5.66. The van der Waals surface area contributed by atoms with Gasteiger partial charge in [0.05, 0.1) is 13.2 Å². The van der Waals surface area contributed by atoms with E-state index < -0.39 is 0 Å². The van der Waals surface area contributed by atoms with E-state index in [0.717, 1.165) is 13.2 Å². The summed E-state index contributed by atoms with van der Waals surface area (Å²) in [6, 6.07) is 1.04. The lowest BCUT2D eigenvalue weighted by atomic mass is 10.3. The van der Waals surface area contributed by atoms with Crippen LogP contribution in [0, 0.1) is 0 Å². The van der Waals surface area contributed by atoms with E-state index in [4.69, 9.17) is 4.74 Å². The second-order valence-corrected chi connectivity index (χ2v) is 4.32. The molecule has 1 aliphatic heterocycles. The Kier molecular flexibility index (Phi) is 5.45. The second-order valence-electron chi connectivity index (χ2n) is 4.32. The summed E-state index contributed by atoms with van der Waals surface area (Å²) >= 11 is 0. The predicted octanol–water partition coefficient (Wildman–Crippen LogP) is 1.10. The average Bonchev–Trinajstić information content (AvgIpc) is 2.70. The SMILES string of the molecule is CNC(C)COCC(C)N1CCCC1. The zero-order chi connectivity index (χ0) is 10.4. The molecule has 2 unspecified atom stereocenters. The fourth-order valence-corrected chi connectivity index (χ4v) is 1.79. The monoisotopic (exact) mass is 200 g/mol. The number of likely N-dealkylation sites (N-methyl/N-ethyl adjacent to an activating group) is 1. The quantitative estimate of drug-likeness (QED) is 0.695. The number of hydrogen-bond donors (Lipinski definition) is 1. The molecular formula is C11H24N2O.